The largest absolute Gasteiger partial charge is 0.481 e. The number of nitrogens with one attached hydrogen (secondary N) is 2. The molecule has 1 aromatic heterocycles. The number of ether oxygens (including phenoxy) is 1. The lowest BCUT2D eigenvalue weighted by molar-refractivity contribution is -0.122. The lowest BCUT2D eigenvalue weighted by atomic mass is 10.0. The zero-order valence-electron chi connectivity index (χ0n) is 13.5. The summed E-state index contributed by atoms with van der Waals surface area (Å²) in [7, 11) is 1.48. The van der Waals surface area contributed by atoms with Crippen molar-refractivity contribution in [2.45, 2.75) is 45.1 Å². The van der Waals surface area contributed by atoms with E-state index < -0.39 is 5.91 Å². The maximum Gasteiger partial charge on any atom is 0.276 e. The number of carbonyl (C=O) groups is 2. The topological polar surface area (TPSA) is 101 Å². The van der Waals surface area contributed by atoms with Gasteiger partial charge >= 0.3 is 0 Å². The first-order valence-corrected chi connectivity index (χ1v) is 7.83. The molecule has 1 heterocycles. The second kappa shape index (κ2) is 7.92. The van der Waals surface area contributed by atoms with Crippen LogP contribution in [-0.4, -0.2) is 29.1 Å². The maximum absolute atomic E-state index is 12.2. The number of methoxy groups -OCH3 is 1. The molecular weight excluding hydrogens is 298 g/mol. The van der Waals surface area contributed by atoms with Crippen molar-refractivity contribution in [3.8, 4) is 5.88 Å². The van der Waals surface area contributed by atoms with Gasteiger partial charge in [-0.1, -0.05) is 12.8 Å². The van der Waals surface area contributed by atoms with Gasteiger partial charge in [0.25, 0.3) is 5.91 Å². The molecule has 0 aliphatic heterocycles. The zero-order chi connectivity index (χ0) is 16.8. The lowest BCUT2D eigenvalue weighted by Crippen LogP contribution is -2.29. The fourth-order valence-corrected chi connectivity index (χ4v) is 2.99. The summed E-state index contributed by atoms with van der Waals surface area (Å²) in [6, 6.07) is 1.20. The third-order valence-corrected chi connectivity index (χ3v) is 4.23. The molecule has 2 amide bonds. The van der Waals surface area contributed by atoms with E-state index >= 15 is 0 Å². The van der Waals surface area contributed by atoms with Gasteiger partial charge in [0, 0.05) is 18.2 Å². The Labute approximate surface area is 135 Å². The molecule has 1 aliphatic rings. The van der Waals surface area contributed by atoms with Crippen molar-refractivity contribution in [1.82, 2.24) is 15.8 Å². The van der Waals surface area contributed by atoms with Gasteiger partial charge < -0.3 is 10.1 Å². The van der Waals surface area contributed by atoms with Crippen molar-refractivity contribution >= 4 is 11.8 Å². The molecule has 1 aliphatic carbocycles. The molecule has 1 saturated carbocycles. The Kier molecular flexibility index (Phi) is 5.92. The van der Waals surface area contributed by atoms with Crippen molar-refractivity contribution in [3.63, 3.8) is 0 Å². The molecule has 0 saturated heterocycles. The quantitative estimate of drug-likeness (QED) is 0.549. The summed E-state index contributed by atoms with van der Waals surface area (Å²) in [5.74, 6) is 0.135. The highest BCUT2D eigenvalue weighted by atomic mass is 16.5. The van der Waals surface area contributed by atoms with Crippen LogP contribution in [0.15, 0.2) is 12.3 Å². The number of carbonyl (C=O) groups excluding carboxylic acids is 2. The van der Waals surface area contributed by atoms with E-state index in [4.69, 9.17) is 9.94 Å². The molecule has 7 heteroatoms. The van der Waals surface area contributed by atoms with Gasteiger partial charge in [-0.2, -0.15) is 0 Å². The van der Waals surface area contributed by atoms with Crippen LogP contribution in [0.1, 0.15) is 61.0 Å². The van der Waals surface area contributed by atoms with E-state index in [0.717, 1.165) is 12.8 Å². The molecular formula is C16H23N3O4. The Bertz CT molecular complexity index is 570. The van der Waals surface area contributed by atoms with Gasteiger partial charge in [-0.15, -0.1) is 0 Å². The van der Waals surface area contributed by atoms with Gasteiger partial charge in [-0.05, 0) is 31.7 Å². The van der Waals surface area contributed by atoms with E-state index in [9.17, 15) is 9.59 Å². The van der Waals surface area contributed by atoms with Gasteiger partial charge in [-0.25, -0.2) is 10.5 Å². The Morgan fingerprint density at radius 2 is 2.13 bits per heavy atom. The Balaban J connectivity index is 2.08. The smallest absolute Gasteiger partial charge is 0.276 e. The molecule has 7 nitrogen and oxygen atoms in total. The van der Waals surface area contributed by atoms with E-state index in [1.54, 1.807) is 11.5 Å². The molecule has 0 bridgehead atoms. The summed E-state index contributed by atoms with van der Waals surface area (Å²) < 4.78 is 5.19. The van der Waals surface area contributed by atoms with Gasteiger partial charge in [0.15, 0.2) is 0 Å². The summed E-state index contributed by atoms with van der Waals surface area (Å²) in [4.78, 5) is 27.7. The van der Waals surface area contributed by atoms with Crippen LogP contribution in [0.4, 0.5) is 0 Å². The highest BCUT2D eigenvalue weighted by Gasteiger charge is 2.21. The summed E-state index contributed by atoms with van der Waals surface area (Å²) in [5.41, 5.74) is 2.35. The van der Waals surface area contributed by atoms with Gasteiger partial charge in [-0.3, -0.25) is 14.8 Å². The Morgan fingerprint density at radius 3 is 2.74 bits per heavy atom. The molecule has 23 heavy (non-hydrogen) atoms. The third-order valence-electron chi connectivity index (χ3n) is 4.23. The molecule has 1 fully saturated rings. The second-order valence-electron chi connectivity index (χ2n) is 5.91. The van der Waals surface area contributed by atoms with Crippen LogP contribution < -0.4 is 15.5 Å². The maximum atomic E-state index is 12.2. The van der Waals surface area contributed by atoms with Crippen LogP contribution in [-0.2, 0) is 4.79 Å². The van der Waals surface area contributed by atoms with Crippen LogP contribution in [0.3, 0.4) is 0 Å². The highest BCUT2D eigenvalue weighted by molar-refractivity contribution is 5.93. The first-order valence-electron chi connectivity index (χ1n) is 7.83. The van der Waals surface area contributed by atoms with Crippen molar-refractivity contribution in [3.05, 3.63) is 23.4 Å². The number of hydroxylamine groups is 1. The summed E-state index contributed by atoms with van der Waals surface area (Å²) >= 11 is 0. The second-order valence-corrected chi connectivity index (χ2v) is 5.91. The Hall–Kier alpha value is -2.15. The minimum absolute atomic E-state index is 0.0107. The predicted molar refractivity (Wildman–Crippen MR) is 83.2 cm³/mol. The van der Waals surface area contributed by atoms with E-state index in [-0.39, 0.29) is 17.5 Å². The Morgan fingerprint density at radius 1 is 1.43 bits per heavy atom. The lowest BCUT2D eigenvalue weighted by Gasteiger charge is -2.18. The number of hydrogen-bond donors (Lipinski definition) is 3. The van der Waals surface area contributed by atoms with Crippen LogP contribution >= 0.6 is 0 Å². The summed E-state index contributed by atoms with van der Waals surface area (Å²) in [6.45, 7) is 1.81. The zero-order valence-corrected chi connectivity index (χ0v) is 13.5. The van der Waals surface area contributed by atoms with Crippen molar-refractivity contribution in [2.24, 2.45) is 5.92 Å². The number of hydrogen-bond acceptors (Lipinski definition) is 5. The monoisotopic (exact) mass is 321 g/mol. The number of amides is 2. The fourth-order valence-electron chi connectivity index (χ4n) is 2.99. The SMILES string of the molecule is COc1ncc(C(=O)NO)cc1C(C)NC(=O)CC1CCCC1. The van der Waals surface area contributed by atoms with Crippen LogP contribution in [0, 0.1) is 5.92 Å². The van der Waals surface area contributed by atoms with E-state index in [2.05, 4.69) is 10.3 Å². The van der Waals surface area contributed by atoms with Crippen molar-refractivity contribution in [2.75, 3.05) is 7.11 Å². The molecule has 3 N–H and O–H groups in total. The van der Waals surface area contributed by atoms with Gasteiger partial charge in [0.2, 0.25) is 11.8 Å². The standard InChI is InChI=1S/C16H23N3O4/c1-10(18-14(20)7-11-5-3-4-6-11)13-8-12(15(21)19-22)9-17-16(13)23-2/h8-11,22H,3-7H2,1-2H3,(H,18,20)(H,19,21). The molecule has 2 rings (SSSR count). The normalized spacial score (nSPS) is 16.0. The number of pyridine rings is 1. The minimum Gasteiger partial charge on any atom is -0.481 e. The van der Waals surface area contributed by atoms with E-state index in [1.165, 1.54) is 26.1 Å². The van der Waals surface area contributed by atoms with Crippen molar-refractivity contribution in [1.29, 1.82) is 0 Å². The van der Waals surface area contributed by atoms with E-state index in [1.807, 2.05) is 6.92 Å². The number of aromatic nitrogens is 1. The number of nitrogens with zero attached hydrogens (tertiary/aromatic N) is 1. The van der Waals surface area contributed by atoms with Crippen LogP contribution in [0.5, 0.6) is 5.88 Å². The first kappa shape index (κ1) is 17.2. The summed E-state index contributed by atoms with van der Waals surface area (Å²) in [6.07, 6.45) is 6.45. The average molecular weight is 321 g/mol. The molecule has 0 spiro atoms. The van der Waals surface area contributed by atoms with E-state index in [0.29, 0.717) is 23.8 Å². The van der Waals surface area contributed by atoms with Crippen LogP contribution in [0.25, 0.3) is 0 Å². The van der Waals surface area contributed by atoms with Gasteiger partial charge in [0.05, 0.1) is 18.7 Å². The molecule has 1 aromatic rings. The van der Waals surface area contributed by atoms with Gasteiger partial charge in [0.1, 0.15) is 0 Å². The fraction of sp³-hybridized carbons (Fsp3) is 0.562. The first-order chi connectivity index (χ1) is 11.0. The molecule has 126 valence electrons. The van der Waals surface area contributed by atoms with Crippen molar-refractivity contribution < 1.29 is 19.5 Å². The average Bonchev–Trinajstić information content (AvgIpc) is 3.06. The number of rotatable bonds is 6. The predicted octanol–water partition coefficient (Wildman–Crippen LogP) is 1.97. The minimum atomic E-state index is -0.661. The summed E-state index contributed by atoms with van der Waals surface area (Å²) in [5, 5.41) is 11.6. The molecule has 0 radical (unpaired) electrons. The highest BCUT2D eigenvalue weighted by Crippen LogP contribution is 2.28. The molecule has 0 aromatic carbocycles. The molecule has 1 atom stereocenters. The van der Waals surface area contributed by atoms with Crippen LogP contribution in [0.2, 0.25) is 0 Å². The molecule has 1 unspecified atom stereocenters. The third kappa shape index (κ3) is 4.41.